The zero-order valence-electron chi connectivity index (χ0n) is 42.8. The maximum atomic E-state index is 13.2. The lowest BCUT2D eigenvalue weighted by Gasteiger charge is -2.24. The van der Waals surface area contributed by atoms with Gasteiger partial charge in [-0.25, -0.2) is 0 Å². The molecule has 0 aliphatic heterocycles. The van der Waals surface area contributed by atoms with Crippen LogP contribution >= 0.6 is 0 Å². The van der Waals surface area contributed by atoms with E-state index in [2.05, 4.69) is 117 Å². The van der Waals surface area contributed by atoms with Gasteiger partial charge in [0, 0.05) is 12.8 Å². The normalized spacial score (nSPS) is 14.1. The molecule has 0 rings (SSSR count). The monoisotopic (exact) mass is 916 g/mol. The van der Waals surface area contributed by atoms with E-state index in [0.717, 1.165) is 77.0 Å². The number of nitrogens with one attached hydrogen (secondary N) is 1. The number of hydrogen-bond donors (Lipinski definition) is 3. The van der Waals surface area contributed by atoms with Crippen LogP contribution in [0.25, 0.3) is 0 Å². The Kier molecular flexibility index (Phi) is 49.7. The van der Waals surface area contributed by atoms with Gasteiger partial charge < -0.3 is 20.3 Å². The van der Waals surface area contributed by atoms with Crippen LogP contribution in [0.3, 0.4) is 0 Å². The van der Waals surface area contributed by atoms with Gasteiger partial charge in [0.15, 0.2) is 0 Å². The van der Waals surface area contributed by atoms with Crippen LogP contribution in [-0.2, 0) is 14.3 Å². The average Bonchev–Trinajstić information content (AvgIpc) is 3.31. The van der Waals surface area contributed by atoms with Crippen molar-refractivity contribution in [2.24, 2.45) is 0 Å². The first-order valence-corrected chi connectivity index (χ1v) is 27.1. The van der Waals surface area contributed by atoms with Gasteiger partial charge in [0.25, 0.3) is 0 Å². The molecule has 0 saturated heterocycles. The van der Waals surface area contributed by atoms with Gasteiger partial charge in [0.05, 0.1) is 25.2 Å². The largest absolute Gasteiger partial charge is 0.461 e. The van der Waals surface area contributed by atoms with E-state index in [1.807, 2.05) is 18.2 Å². The molecule has 0 saturated carbocycles. The van der Waals surface area contributed by atoms with Crippen molar-refractivity contribution in [3.8, 4) is 0 Å². The van der Waals surface area contributed by atoms with Gasteiger partial charge in [-0.2, -0.15) is 0 Å². The minimum absolute atomic E-state index is 0.0340. The predicted octanol–water partition coefficient (Wildman–Crippen LogP) is 16.7. The summed E-state index contributed by atoms with van der Waals surface area (Å²) in [5, 5.41) is 23.8. The van der Waals surface area contributed by atoms with E-state index in [-0.39, 0.29) is 31.3 Å². The Labute approximate surface area is 407 Å². The standard InChI is InChI=1S/C60H101NO5/c1-4-7-10-13-16-19-22-25-28-31-34-37-40-43-46-49-52-58(63)57(55-62)61-59(64)54-56(51-48-45-42-39-36-33-30-27-24-21-18-15-12-9-6-3)66-60(65)53-50-47-44-41-38-35-32-29-26-23-20-17-14-11-8-5-2/h8,11,17-18,20-21,26-27,29-30,35-36,38-39,44-45,47-48,56-58,62-63H,4-7,9-10,12-16,19,22-25,28,31-34,37,40-43,46,49-55H2,1-3H3,(H,61,64)/b11-8+,20-17+,21-18-,29-26+,30-27-,38-35+,39-36-,47-44+,48-45-. The van der Waals surface area contributed by atoms with E-state index in [1.54, 1.807) is 0 Å². The maximum Gasteiger partial charge on any atom is 0.306 e. The van der Waals surface area contributed by atoms with Gasteiger partial charge in [-0.05, 0) is 77.0 Å². The fourth-order valence-corrected chi connectivity index (χ4v) is 7.52. The molecule has 3 N–H and O–H groups in total. The third kappa shape index (κ3) is 47.0. The molecule has 0 aliphatic rings. The second kappa shape index (κ2) is 52.5. The van der Waals surface area contributed by atoms with E-state index in [9.17, 15) is 19.8 Å². The number of aliphatic hydroxyl groups is 2. The number of carbonyl (C=O) groups is 2. The zero-order chi connectivity index (χ0) is 48.1. The van der Waals surface area contributed by atoms with Gasteiger partial charge in [-0.15, -0.1) is 0 Å². The Hall–Kier alpha value is -3.48. The van der Waals surface area contributed by atoms with Crippen molar-refractivity contribution in [1.82, 2.24) is 5.32 Å². The molecule has 0 spiro atoms. The molecule has 0 radical (unpaired) electrons. The van der Waals surface area contributed by atoms with Crippen LogP contribution in [0, 0.1) is 0 Å². The highest BCUT2D eigenvalue weighted by molar-refractivity contribution is 5.77. The number of esters is 1. The smallest absolute Gasteiger partial charge is 0.306 e. The van der Waals surface area contributed by atoms with Crippen LogP contribution in [0.15, 0.2) is 109 Å². The topological polar surface area (TPSA) is 95.9 Å². The fourth-order valence-electron chi connectivity index (χ4n) is 7.52. The molecule has 376 valence electrons. The lowest BCUT2D eigenvalue weighted by Crippen LogP contribution is -2.46. The van der Waals surface area contributed by atoms with E-state index in [1.165, 1.54) is 103 Å². The Balaban J connectivity index is 4.79. The van der Waals surface area contributed by atoms with Gasteiger partial charge >= 0.3 is 5.97 Å². The minimum atomic E-state index is -0.830. The molecule has 0 fully saturated rings. The van der Waals surface area contributed by atoms with E-state index < -0.39 is 18.2 Å². The third-order valence-corrected chi connectivity index (χ3v) is 11.6. The van der Waals surface area contributed by atoms with Crippen molar-refractivity contribution < 1.29 is 24.5 Å². The lowest BCUT2D eigenvalue weighted by atomic mass is 10.0. The molecule has 0 bridgehead atoms. The molecule has 1 amide bonds. The molecule has 0 aromatic carbocycles. The molecule has 3 atom stereocenters. The minimum Gasteiger partial charge on any atom is -0.461 e. The summed E-state index contributed by atoms with van der Waals surface area (Å²) in [6.07, 6.45) is 71.7. The number of hydrogen-bond acceptors (Lipinski definition) is 5. The highest BCUT2D eigenvalue weighted by Crippen LogP contribution is 2.16. The van der Waals surface area contributed by atoms with Crippen molar-refractivity contribution in [1.29, 1.82) is 0 Å². The quantitative estimate of drug-likeness (QED) is 0.0321. The number of ether oxygens (including phenoxy) is 1. The van der Waals surface area contributed by atoms with E-state index >= 15 is 0 Å². The predicted molar refractivity (Wildman–Crippen MR) is 287 cm³/mol. The first-order chi connectivity index (χ1) is 32.5. The molecule has 0 heterocycles. The summed E-state index contributed by atoms with van der Waals surface area (Å²) in [4.78, 5) is 26.1. The first kappa shape index (κ1) is 62.5. The van der Waals surface area contributed by atoms with Gasteiger partial charge in [-0.3, -0.25) is 9.59 Å². The van der Waals surface area contributed by atoms with Crippen LogP contribution in [0.5, 0.6) is 0 Å². The van der Waals surface area contributed by atoms with Crippen molar-refractivity contribution in [2.75, 3.05) is 6.61 Å². The summed E-state index contributed by atoms with van der Waals surface area (Å²) in [6, 6.07) is -0.753. The van der Waals surface area contributed by atoms with Crippen molar-refractivity contribution >= 4 is 11.9 Å². The number of amides is 1. The highest BCUT2D eigenvalue weighted by Gasteiger charge is 2.23. The van der Waals surface area contributed by atoms with Crippen molar-refractivity contribution in [3.63, 3.8) is 0 Å². The van der Waals surface area contributed by atoms with Crippen LogP contribution in [-0.4, -0.2) is 46.9 Å². The summed E-state index contributed by atoms with van der Waals surface area (Å²) in [7, 11) is 0. The summed E-state index contributed by atoms with van der Waals surface area (Å²) >= 11 is 0. The average molecular weight is 916 g/mol. The van der Waals surface area contributed by atoms with Crippen molar-refractivity contribution in [2.45, 2.75) is 251 Å². The molecular formula is C60H101NO5. The number of unbranched alkanes of at least 4 members (excludes halogenated alkanes) is 18. The Morgan fingerprint density at radius 1 is 0.470 bits per heavy atom. The lowest BCUT2D eigenvalue weighted by molar-refractivity contribution is -0.150. The number of aliphatic hydroxyl groups excluding tert-OH is 2. The van der Waals surface area contributed by atoms with E-state index in [0.29, 0.717) is 19.3 Å². The highest BCUT2D eigenvalue weighted by atomic mass is 16.5. The SMILES string of the molecule is CC/C=C/C/C=C/C/C=C/C/C=C/C/C=C/CCC(=O)OC(C/C=C\C/C=C\C/C=C\C/C=C\CCCCC)CC(=O)NC(CO)C(O)CCCCCCCCCCCCCCCCCC. The number of allylic oxidation sites excluding steroid dienone is 17. The fraction of sp³-hybridized carbons (Fsp3) is 0.667. The van der Waals surface area contributed by atoms with Crippen LogP contribution in [0.1, 0.15) is 233 Å². The summed E-state index contributed by atoms with van der Waals surface area (Å²) < 4.78 is 5.83. The summed E-state index contributed by atoms with van der Waals surface area (Å²) in [6.45, 7) is 6.30. The second-order valence-electron chi connectivity index (χ2n) is 17.9. The molecule has 6 nitrogen and oxygen atoms in total. The van der Waals surface area contributed by atoms with Gasteiger partial charge in [0.2, 0.25) is 5.91 Å². The van der Waals surface area contributed by atoms with Crippen LogP contribution in [0.4, 0.5) is 0 Å². The molecular weight excluding hydrogens is 815 g/mol. The molecule has 66 heavy (non-hydrogen) atoms. The van der Waals surface area contributed by atoms with E-state index in [4.69, 9.17) is 4.74 Å². The summed E-state index contributed by atoms with van der Waals surface area (Å²) in [5.41, 5.74) is 0. The summed E-state index contributed by atoms with van der Waals surface area (Å²) in [5.74, 6) is -0.682. The van der Waals surface area contributed by atoms with Crippen LogP contribution in [0.2, 0.25) is 0 Å². The first-order valence-electron chi connectivity index (χ1n) is 27.1. The van der Waals surface area contributed by atoms with Gasteiger partial charge in [0.1, 0.15) is 6.10 Å². The van der Waals surface area contributed by atoms with Gasteiger partial charge in [-0.1, -0.05) is 246 Å². The molecule has 0 aliphatic carbocycles. The Bertz CT molecular complexity index is 1350. The number of carbonyl (C=O) groups excluding carboxylic acids is 2. The molecule has 0 aromatic rings. The second-order valence-corrected chi connectivity index (χ2v) is 17.9. The van der Waals surface area contributed by atoms with Crippen molar-refractivity contribution in [3.05, 3.63) is 109 Å². The molecule has 6 heteroatoms. The zero-order valence-corrected chi connectivity index (χ0v) is 42.8. The molecule has 3 unspecified atom stereocenters. The molecule has 0 aromatic heterocycles. The maximum absolute atomic E-state index is 13.2. The van der Waals surface area contributed by atoms with Crippen LogP contribution < -0.4 is 5.32 Å². The third-order valence-electron chi connectivity index (χ3n) is 11.6. The Morgan fingerprint density at radius 2 is 0.848 bits per heavy atom. The Morgan fingerprint density at radius 3 is 1.29 bits per heavy atom. The number of rotatable bonds is 47.